The molecule has 0 amide bonds. The van der Waals surface area contributed by atoms with Gasteiger partial charge in [0.05, 0.1) is 0 Å². The van der Waals surface area contributed by atoms with E-state index in [1.165, 1.54) is 36.2 Å². The minimum absolute atomic E-state index is 0.335. The molecule has 1 aliphatic rings. The van der Waals surface area contributed by atoms with Crippen LogP contribution in [0.2, 0.25) is 0 Å². The van der Waals surface area contributed by atoms with Crippen molar-refractivity contribution in [1.82, 2.24) is 0 Å². The lowest BCUT2D eigenvalue weighted by Crippen LogP contribution is -2.12. The number of rotatable bonds is 4. The first-order chi connectivity index (χ1) is 9.25. The Kier molecular flexibility index (Phi) is 5.31. The van der Waals surface area contributed by atoms with Gasteiger partial charge >= 0.3 is 0 Å². The number of nitrogens with zero attached hydrogens (tertiary/aromatic N) is 2. The molecule has 1 aliphatic heterocycles. The Morgan fingerprint density at radius 2 is 1.95 bits per heavy atom. The molecule has 1 heterocycles. The maximum atomic E-state index is 4.81. The second-order valence-electron chi connectivity index (χ2n) is 5.47. The van der Waals surface area contributed by atoms with Crippen molar-refractivity contribution < 1.29 is 0 Å². The zero-order valence-corrected chi connectivity index (χ0v) is 12.1. The minimum Gasteiger partial charge on any atom is -0.294 e. The third kappa shape index (κ3) is 4.62. The highest BCUT2D eigenvalue weighted by molar-refractivity contribution is 6.12. The fourth-order valence-electron chi connectivity index (χ4n) is 2.44. The van der Waals surface area contributed by atoms with Crippen molar-refractivity contribution in [2.45, 2.75) is 52.0 Å². The summed E-state index contributed by atoms with van der Waals surface area (Å²) < 4.78 is 0. The maximum Gasteiger partial charge on any atom is 0.0479 e. The molecule has 0 aromatic heterocycles. The summed E-state index contributed by atoms with van der Waals surface area (Å²) in [6.07, 6.45) is 5.90. The number of hydrogen-bond acceptors (Lipinski definition) is 2. The van der Waals surface area contributed by atoms with Crippen LogP contribution in [0.4, 0.5) is 0 Å². The molecule has 102 valence electrons. The number of benzene rings is 1. The summed E-state index contributed by atoms with van der Waals surface area (Å²) in [5.41, 5.74) is 3.76. The molecule has 0 fully saturated rings. The van der Waals surface area contributed by atoms with Gasteiger partial charge < -0.3 is 0 Å². The molecule has 0 saturated heterocycles. The van der Waals surface area contributed by atoms with E-state index in [2.05, 4.69) is 44.2 Å². The van der Waals surface area contributed by atoms with Crippen LogP contribution in [-0.4, -0.2) is 24.0 Å². The largest absolute Gasteiger partial charge is 0.294 e. The van der Waals surface area contributed by atoms with E-state index >= 15 is 0 Å². The fourth-order valence-corrected chi connectivity index (χ4v) is 2.44. The maximum absolute atomic E-state index is 4.81. The molecule has 0 bridgehead atoms. The van der Waals surface area contributed by atoms with Crippen LogP contribution in [0.5, 0.6) is 0 Å². The average molecular weight is 256 g/mol. The standard InChI is InChI=1S/C17H24N2/c1-14(2)19-17(15-9-5-3-6-10-15)13-16-11-7-4-8-12-18-16/h3,5-6,9-10,14H,4,7-8,11-13H2,1-2H3. The SMILES string of the molecule is CC(C)N=C(CC1=NCCCCC1)c1ccccc1. The molecule has 0 saturated carbocycles. The lowest BCUT2D eigenvalue weighted by Gasteiger charge is -2.10. The molecular weight excluding hydrogens is 232 g/mol. The first kappa shape index (κ1) is 14.0. The second-order valence-corrected chi connectivity index (χ2v) is 5.47. The van der Waals surface area contributed by atoms with E-state index in [1.807, 2.05) is 0 Å². The summed E-state index contributed by atoms with van der Waals surface area (Å²) in [5, 5.41) is 0. The van der Waals surface area contributed by atoms with E-state index in [0.29, 0.717) is 6.04 Å². The fraction of sp³-hybridized carbons (Fsp3) is 0.529. The van der Waals surface area contributed by atoms with E-state index in [0.717, 1.165) is 19.4 Å². The first-order valence-electron chi connectivity index (χ1n) is 7.40. The highest BCUT2D eigenvalue weighted by Crippen LogP contribution is 2.14. The highest BCUT2D eigenvalue weighted by atomic mass is 14.8. The topological polar surface area (TPSA) is 24.7 Å². The van der Waals surface area contributed by atoms with Gasteiger partial charge in [-0.3, -0.25) is 9.98 Å². The highest BCUT2D eigenvalue weighted by Gasteiger charge is 2.10. The summed E-state index contributed by atoms with van der Waals surface area (Å²) in [6.45, 7) is 5.27. The summed E-state index contributed by atoms with van der Waals surface area (Å²) >= 11 is 0. The van der Waals surface area contributed by atoms with Gasteiger partial charge in [-0.1, -0.05) is 36.8 Å². The van der Waals surface area contributed by atoms with Gasteiger partial charge in [-0.2, -0.15) is 0 Å². The van der Waals surface area contributed by atoms with Crippen molar-refractivity contribution in [2.24, 2.45) is 9.98 Å². The third-order valence-corrected chi connectivity index (χ3v) is 3.35. The molecule has 0 N–H and O–H groups in total. The predicted molar refractivity (Wildman–Crippen MR) is 83.5 cm³/mol. The zero-order valence-electron chi connectivity index (χ0n) is 12.1. The van der Waals surface area contributed by atoms with Crippen LogP contribution in [0.25, 0.3) is 0 Å². The van der Waals surface area contributed by atoms with Gasteiger partial charge in [0, 0.05) is 30.4 Å². The average Bonchev–Trinajstić information content (AvgIpc) is 2.67. The summed E-state index contributed by atoms with van der Waals surface area (Å²) in [5.74, 6) is 0. The molecule has 0 spiro atoms. The van der Waals surface area contributed by atoms with Crippen LogP contribution < -0.4 is 0 Å². The Morgan fingerprint density at radius 1 is 1.16 bits per heavy atom. The smallest absolute Gasteiger partial charge is 0.0479 e. The summed E-state index contributed by atoms with van der Waals surface area (Å²) in [7, 11) is 0. The normalized spacial score (nSPS) is 17.2. The van der Waals surface area contributed by atoms with Gasteiger partial charge in [-0.15, -0.1) is 0 Å². The van der Waals surface area contributed by atoms with E-state index in [1.54, 1.807) is 0 Å². The molecule has 2 nitrogen and oxygen atoms in total. The monoisotopic (exact) mass is 256 g/mol. The van der Waals surface area contributed by atoms with Crippen LogP contribution in [0.15, 0.2) is 40.3 Å². The lowest BCUT2D eigenvalue weighted by molar-refractivity contribution is 0.731. The Balaban J connectivity index is 2.17. The molecule has 0 aliphatic carbocycles. The van der Waals surface area contributed by atoms with Crippen molar-refractivity contribution in [3.8, 4) is 0 Å². The molecule has 1 aromatic carbocycles. The van der Waals surface area contributed by atoms with E-state index in [4.69, 9.17) is 9.98 Å². The van der Waals surface area contributed by atoms with Crippen LogP contribution in [-0.2, 0) is 0 Å². The lowest BCUT2D eigenvalue weighted by atomic mass is 10.0. The molecular formula is C17H24N2. The zero-order chi connectivity index (χ0) is 13.5. The second kappa shape index (κ2) is 7.22. The van der Waals surface area contributed by atoms with Crippen LogP contribution in [0.3, 0.4) is 0 Å². The molecule has 2 heteroatoms. The van der Waals surface area contributed by atoms with Crippen LogP contribution in [0, 0.1) is 0 Å². The van der Waals surface area contributed by atoms with Crippen molar-refractivity contribution in [1.29, 1.82) is 0 Å². The summed E-state index contributed by atoms with van der Waals surface area (Å²) in [4.78, 5) is 9.54. The van der Waals surface area contributed by atoms with Crippen molar-refractivity contribution in [2.75, 3.05) is 6.54 Å². The van der Waals surface area contributed by atoms with Crippen molar-refractivity contribution >= 4 is 11.4 Å². The van der Waals surface area contributed by atoms with Gasteiger partial charge in [-0.05, 0) is 38.7 Å². The third-order valence-electron chi connectivity index (χ3n) is 3.35. The van der Waals surface area contributed by atoms with E-state index in [9.17, 15) is 0 Å². The first-order valence-corrected chi connectivity index (χ1v) is 7.40. The quantitative estimate of drug-likeness (QED) is 0.718. The summed E-state index contributed by atoms with van der Waals surface area (Å²) in [6, 6.07) is 10.9. The predicted octanol–water partition coefficient (Wildman–Crippen LogP) is 4.29. The van der Waals surface area contributed by atoms with Gasteiger partial charge in [0.1, 0.15) is 0 Å². The molecule has 0 atom stereocenters. The van der Waals surface area contributed by atoms with E-state index in [-0.39, 0.29) is 0 Å². The van der Waals surface area contributed by atoms with Gasteiger partial charge in [-0.25, -0.2) is 0 Å². The molecule has 19 heavy (non-hydrogen) atoms. The molecule has 1 aromatic rings. The van der Waals surface area contributed by atoms with Crippen molar-refractivity contribution in [3.63, 3.8) is 0 Å². The Labute approximate surface area is 116 Å². The van der Waals surface area contributed by atoms with Crippen molar-refractivity contribution in [3.05, 3.63) is 35.9 Å². The minimum atomic E-state index is 0.335. The number of aliphatic imine (C=N–C) groups is 2. The number of hydrogen-bond donors (Lipinski definition) is 0. The van der Waals surface area contributed by atoms with Crippen LogP contribution in [0.1, 0.15) is 51.5 Å². The molecule has 0 radical (unpaired) electrons. The van der Waals surface area contributed by atoms with Crippen LogP contribution >= 0.6 is 0 Å². The molecule has 0 unspecified atom stereocenters. The Bertz CT molecular complexity index is 444. The Morgan fingerprint density at radius 3 is 2.68 bits per heavy atom. The van der Waals surface area contributed by atoms with Gasteiger partial charge in [0.15, 0.2) is 0 Å². The molecule has 2 rings (SSSR count). The van der Waals surface area contributed by atoms with E-state index < -0.39 is 0 Å². The van der Waals surface area contributed by atoms with Gasteiger partial charge in [0.25, 0.3) is 0 Å². The van der Waals surface area contributed by atoms with Gasteiger partial charge in [0.2, 0.25) is 0 Å². The Hall–Kier alpha value is -1.44.